The molecule has 0 aliphatic heterocycles. The summed E-state index contributed by atoms with van der Waals surface area (Å²) in [7, 11) is 0. The van der Waals surface area contributed by atoms with Crippen LogP contribution in [0, 0.1) is 0 Å². The lowest BCUT2D eigenvalue weighted by Gasteiger charge is -2.09. The third-order valence-corrected chi connectivity index (χ3v) is 3.38. The molecular weight excluding hydrogens is 292 g/mol. The van der Waals surface area contributed by atoms with Crippen molar-refractivity contribution in [3.8, 4) is 0 Å². The van der Waals surface area contributed by atoms with Crippen LogP contribution in [0.25, 0.3) is 10.9 Å². The van der Waals surface area contributed by atoms with Gasteiger partial charge >= 0.3 is 5.97 Å². The summed E-state index contributed by atoms with van der Waals surface area (Å²) in [6.07, 6.45) is 2.91. The molecule has 0 spiro atoms. The maximum atomic E-state index is 10.8. The van der Waals surface area contributed by atoms with E-state index < -0.39 is 5.97 Å². The number of nitrogens with one attached hydrogen (secondary N) is 1. The Morgan fingerprint density at radius 1 is 1.38 bits per heavy atom. The van der Waals surface area contributed by atoms with Crippen molar-refractivity contribution in [3.63, 3.8) is 0 Å². The molecule has 2 aromatic heterocycles. The van der Waals surface area contributed by atoms with Crippen molar-refractivity contribution >= 4 is 34.2 Å². The van der Waals surface area contributed by atoms with E-state index in [9.17, 15) is 4.79 Å². The summed E-state index contributed by atoms with van der Waals surface area (Å²) in [5, 5.41) is 13.5. The zero-order valence-corrected chi connectivity index (χ0v) is 11.6. The topological polar surface area (TPSA) is 75.4 Å². The summed E-state index contributed by atoms with van der Waals surface area (Å²) in [6, 6.07) is 8.86. The van der Waals surface area contributed by atoms with Crippen LogP contribution >= 0.6 is 11.6 Å². The molecule has 3 aromatic rings. The normalized spacial score (nSPS) is 10.7. The minimum Gasteiger partial charge on any atom is -0.478 e. The highest BCUT2D eigenvalue weighted by molar-refractivity contribution is 6.35. The molecule has 21 heavy (non-hydrogen) atoms. The van der Waals surface area contributed by atoms with E-state index in [-0.39, 0.29) is 5.56 Å². The number of aromatic carboxylic acids is 1. The largest absolute Gasteiger partial charge is 0.478 e. The number of halogens is 1. The molecule has 2 N–H and O–H groups in total. The van der Waals surface area contributed by atoms with Crippen LogP contribution in [0.2, 0.25) is 5.02 Å². The van der Waals surface area contributed by atoms with Gasteiger partial charge in [-0.05, 0) is 30.3 Å². The van der Waals surface area contributed by atoms with Crippen molar-refractivity contribution in [3.05, 3.63) is 59.1 Å². The fraction of sp³-hybridized carbons (Fsp3) is 0.0667. The second-order valence-electron chi connectivity index (χ2n) is 4.45. The third-order valence-electron chi connectivity index (χ3n) is 3.07. The minimum atomic E-state index is -1.01. The van der Waals surface area contributed by atoms with Gasteiger partial charge in [0.15, 0.2) is 0 Å². The van der Waals surface area contributed by atoms with E-state index in [4.69, 9.17) is 21.1 Å². The summed E-state index contributed by atoms with van der Waals surface area (Å²) >= 11 is 6.11. The first-order valence-corrected chi connectivity index (χ1v) is 6.61. The number of hydrogen-bond donors (Lipinski definition) is 2. The number of aromatic nitrogens is 1. The van der Waals surface area contributed by atoms with Crippen LogP contribution < -0.4 is 5.32 Å². The average molecular weight is 303 g/mol. The van der Waals surface area contributed by atoms with Crippen LogP contribution in [-0.4, -0.2) is 16.1 Å². The summed E-state index contributed by atoms with van der Waals surface area (Å²) in [5.41, 5.74) is 1.71. The van der Waals surface area contributed by atoms with Crippen molar-refractivity contribution in [1.29, 1.82) is 0 Å². The molecule has 0 atom stereocenters. The Morgan fingerprint density at radius 2 is 2.24 bits per heavy atom. The lowest BCUT2D eigenvalue weighted by atomic mass is 10.2. The Kier molecular flexibility index (Phi) is 3.50. The number of hydrogen-bond acceptors (Lipinski definition) is 4. The maximum absolute atomic E-state index is 10.8. The highest BCUT2D eigenvalue weighted by atomic mass is 35.5. The van der Waals surface area contributed by atoms with Crippen molar-refractivity contribution in [1.82, 2.24) is 4.98 Å². The molecule has 3 rings (SSSR count). The number of carboxylic acid groups (broad SMARTS) is 1. The van der Waals surface area contributed by atoms with Gasteiger partial charge in [-0.1, -0.05) is 11.6 Å². The SMILES string of the molecule is O=C(O)c1coc(CNc2ccc(Cl)c3ncccc23)c1. The number of furan rings is 1. The molecule has 6 heteroatoms. The number of anilines is 1. The molecule has 0 saturated heterocycles. The number of carbonyl (C=O) groups is 1. The van der Waals surface area contributed by atoms with E-state index in [1.165, 1.54) is 12.3 Å². The molecule has 0 bridgehead atoms. The van der Waals surface area contributed by atoms with Gasteiger partial charge in [0, 0.05) is 17.3 Å². The standard InChI is InChI=1S/C15H11ClN2O3/c16-12-3-4-13(11-2-1-5-17-14(11)12)18-7-10-6-9(8-21-10)15(19)20/h1-6,8,18H,7H2,(H,19,20). The Hall–Kier alpha value is -2.53. The fourth-order valence-corrected chi connectivity index (χ4v) is 2.27. The highest BCUT2D eigenvalue weighted by Crippen LogP contribution is 2.28. The number of rotatable bonds is 4. The molecule has 2 heterocycles. The molecule has 0 amide bonds. The smallest absolute Gasteiger partial charge is 0.338 e. The lowest BCUT2D eigenvalue weighted by molar-refractivity contribution is 0.0696. The second kappa shape index (κ2) is 5.46. The fourth-order valence-electron chi connectivity index (χ4n) is 2.06. The molecule has 0 radical (unpaired) electrons. The van der Waals surface area contributed by atoms with Crippen LogP contribution in [0.5, 0.6) is 0 Å². The monoisotopic (exact) mass is 302 g/mol. The molecule has 0 saturated carbocycles. The Balaban J connectivity index is 1.85. The van der Waals surface area contributed by atoms with Crippen LogP contribution in [0.4, 0.5) is 5.69 Å². The van der Waals surface area contributed by atoms with Gasteiger partial charge in [-0.2, -0.15) is 0 Å². The van der Waals surface area contributed by atoms with Gasteiger partial charge < -0.3 is 14.8 Å². The molecule has 0 fully saturated rings. The average Bonchev–Trinajstić information content (AvgIpc) is 2.96. The molecular formula is C15H11ClN2O3. The number of fused-ring (bicyclic) bond motifs is 1. The molecule has 0 aliphatic rings. The van der Waals surface area contributed by atoms with Crippen LogP contribution in [0.1, 0.15) is 16.1 Å². The van der Waals surface area contributed by atoms with E-state index in [0.717, 1.165) is 16.6 Å². The van der Waals surface area contributed by atoms with Gasteiger partial charge in [0.1, 0.15) is 12.0 Å². The summed E-state index contributed by atoms with van der Waals surface area (Å²) in [5.74, 6) is -0.467. The van der Waals surface area contributed by atoms with Crippen molar-refractivity contribution in [2.75, 3.05) is 5.32 Å². The first-order chi connectivity index (χ1) is 10.1. The van der Waals surface area contributed by atoms with Crippen LogP contribution in [-0.2, 0) is 6.54 Å². The molecule has 0 unspecified atom stereocenters. The van der Waals surface area contributed by atoms with Crippen molar-refractivity contribution in [2.45, 2.75) is 6.54 Å². The number of nitrogens with zero attached hydrogens (tertiary/aromatic N) is 1. The van der Waals surface area contributed by atoms with E-state index in [1.54, 1.807) is 12.3 Å². The van der Waals surface area contributed by atoms with Crippen LogP contribution in [0.15, 0.2) is 47.2 Å². The predicted molar refractivity (Wildman–Crippen MR) is 79.7 cm³/mol. The van der Waals surface area contributed by atoms with E-state index in [0.29, 0.717) is 17.3 Å². The van der Waals surface area contributed by atoms with Gasteiger partial charge in [0.25, 0.3) is 0 Å². The van der Waals surface area contributed by atoms with E-state index in [1.807, 2.05) is 18.2 Å². The highest BCUT2D eigenvalue weighted by Gasteiger charge is 2.09. The Morgan fingerprint density at radius 3 is 3.00 bits per heavy atom. The zero-order chi connectivity index (χ0) is 14.8. The predicted octanol–water partition coefficient (Wildman–Crippen LogP) is 3.79. The van der Waals surface area contributed by atoms with Crippen molar-refractivity contribution < 1.29 is 14.3 Å². The molecule has 5 nitrogen and oxygen atoms in total. The summed E-state index contributed by atoms with van der Waals surface area (Å²) in [6.45, 7) is 0.374. The Bertz CT molecular complexity index is 814. The van der Waals surface area contributed by atoms with Gasteiger partial charge in [0.05, 0.1) is 22.6 Å². The second-order valence-corrected chi connectivity index (χ2v) is 4.86. The van der Waals surface area contributed by atoms with Crippen molar-refractivity contribution in [2.24, 2.45) is 0 Å². The number of benzene rings is 1. The van der Waals surface area contributed by atoms with Gasteiger partial charge in [-0.15, -0.1) is 0 Å². The van der Waals surface area contributed by atoms with E-state index in [2.05, 4.69) is 10.3 Å². The number of carboxylic acids is 1. The first-order valence-electron chi connectivity index (χ1n) is 6.23. The van der Waals surface area contributed by atoms with Crippen LogP contribution in [0.3, 0.4) is 0 Å². The lowest BCUT2D eigenvalue weighted by Crippen LogP contribution is -1.99. The zero-order valence-electron chi connectivity index (χ0n) is 10.8. The Labute approximate surface area is 125 Å². The summed E-state index contributed by atoms with van der Waals surface area (Å²) in [4.78, 5) is 15.0. The summed E-state index contributed by atoms with van der Waals surface area (Å²) < 4.78 is 5.20. The van der Waals surface area contributed by atoms with Gasteiger partial charge in [-0.3, -0.25) is 4.98 Å². The van der Waals surface area contributed by atoms with E-state index >= 15 is 0 Å². The number of pyridine rings is 1. The van der Waals surface area contributed by atoms with Gasteiger partial charge in [-0.25, -0.2) is 4.79 Å². The maximum Gasteiger partial charge on any atom is 0.338 e. The molecule has 0 aliphatic carbocycles. The molecule has 1 aromatic carbocycles. The third kappa shape index (κ3) is 2.68. The van der Waals surface area contributed by atoms with Gasteiger partial charge in [0.2, 0.25) is 0 Å². The molecule has 106 valence electrons. The minimum absolute atomic E-state index is 0.134. The first kappa shape index (κ1) is 13.5. The quantitative estimate of drug-likeness (QED) is 0.767.